The summed E-state index contributed by atoms with van der Waals surface area (Å²) in [6.45, 7) is 4.62. The second-order valence-electron chi connectivity index (χ2n) is 4.12. The zero-order valence-electron chi connectivity index (χ0n) is 11.0. The van der Waals surface area contributed by atoms with Crippen LogP contribution in [0.5, 0.6) is 0 Å². The van der Waals surface area contributed by atoms with Gasteiger partial charge in [-0.1, -0.05) is 12.1 Å². The first-order valence-corrected chi connectivity index (χ1v) is 5.79. The van der Waals surface area contributed by atoms with Crippen LogP contribution in [-0.4, -0.2) is 18.8 Å². The van der Waals surface area contributed by atoms with Crippen LogP contribution in [0.1, 0.15) is 35.3 Å². The molecule has 0 saturated heterocycles. The SMILES string of the molecule is CCOC(=O)c1ccc(/C=C(\C)C(F)(F)F)cc1C. The second kappa shape index (κ2) is 5.91. The van der Waals surface area contributed by atoms with Crippen molar-refractivity contribution in [2.75, 3.05) is 6.61 Å². The third kappa shape index (κ3) is 4.12. The van der Waals surface area contributed by atoms with Crippen molar-refractivity contribution in [3.05, 3.63) is 40.5 Å². The lowest BCUT2D eigenvalue weighted by Gasteiger charge is -2.08. The Balaban J connectivity index is 3.04. The predicted molar refractivity (Wildman–Crippen MR) is 66.8 cm³/mol. The highest BCUT2D eigenvalue weighted by Crippen LogP contribution is 2.27. The number of rotatable bonds is 3. The normalized spacial score (nSPS) is 12.4. The number of halogens is 3. The van der Waals surface area contributed by atoms with Crippen LogP contribution in [0.25, 0.3) is 6.08 Å². The van der Waals surface area contributed by atoms with Gasteiger partial charge in [0, 0.05) is 5.57 Å². The van der Waals surface area contributed by atoms with E-state index in [2.05, 4.69) is 0 Å². The van der Waals surface area contributed by atoms with Crippen LogP contribution in [0, 0.1) is 6.92 Å². The van der Waals surface area contributed by atoms with Crippen molar-refractivity contribution in [1.29, 1.82) is 0 Å². The van der Waals surface area contributed by atoms with E-state index in [0.29, 0.717) is 16.7 Å². The number of benzene rings is 1. The van der Waals surface area contributed by atoms with E-state index < -0.39 is 17.7 Å². The molecule has 0 heterocycles. The Hall–Kier alpha value is -1.78. The van der Waals surface area contributed by atoms with Crippen LogP contribution in [0.15, 0.2) is 23.8 Å². The lowest BCUT2D eigenvalue weighted by atomic mass is 10.0. The number of carbonyl (C=O) groups is 1. The summed E-state index contributed by atoms with van der Waals surface area (Å²) in [5.74, 6) is -0.469. The summed E-state index contributed by atoms with van der Waals surface area (Å²) in [7, 11) is 0. The Morgan fingerprint density at radius 1 is 1.37 bits per heavy atom. The van der Waals surface area contributed by atoms with E-state index in [9.17, 15) is 18.0 Å². The maximum Gasteiger partial charge on any atom is 0.412 e. The lowest BCUT2D eigenvalue weighted by molar-refractivity contribution is -0.0903. The van der Waals surface area contributed by atoms with Crippen LogP contribution in [0.3, 0.4) is 0 Å². The molecule has 1 aromatic carbocycles. The zero-order chi connectivity index (χ0) is 14.6. The van der Waals surface area contributed by atoms with Gasteiger partial charge >= 0.3 is 12.1 Å². The van der Waals surface area contributed by atoms with Crippen molar-refractivity contribution in [2.24, 2.45) is 0 Å². The predicted octanol–water partition coefficient (Wildman–Crippen LogP) is 4.14. The van der Waals surface area contributed by atoms with Crippen molar-refractivity contribution >= 4 is 12.0 Å². The van der Waals surface area contributed by atoms with Crippen LogP contribution in [0.4, 0.5) is 13.2 Å². The number of alkyl halides is 3. The zero-order valence-corrected chi connectivity index (χ0v) is 11.0. The minimum atomic E-state index is -4.34. The number of allylic oxidation sites excluding steroid dienone is 1. The molecule has 19 heavy (non-hydrogen) atoms. The fraction of sp³-hybridized carbons (Fsp3) is 0.357. The van der Waals surface area contributed by atoms with Gasteiger partial charge in [0.05, 0.1) is 12.2 Å². The monoisotopic (exact) mass is 272 g/mol. The molecule has 0 amide bonds. The summed E-state index contributed by atoms with van der Waals surface area (Å²) in [4.78, 5) is 11.5. The fourth-order valence-corrected chi connectivity index (χ4v) is 1.55. The maximum absolute atomic E-state index is 12.4. The highest BCUT2D eigenvalue weighted by molar-refractivity contribution is 5.91. The summed E-state index contributed by atoms with van der Waals surface area (Å²) < 4.78 is 42.1. The van der Waals surface area contributed by atoms with Gasteiger partial charge in [-0.25, -0.2) is 4.79 Å². The van der Waals surface area contributed by atoms with Gasteiger partial charge in [0.15, 0.2) is 0 Å². The molecule has 0 aromatic heterocycles. The summed E-state index contributed by atoms with van der Waals surface area (Å²) in [6, 6.07) is 4.47. The molecule has 104 valence electrons. The molecule has 2 nitrogen and oxygen atoms in total. The van der Waals surface area contributed by atoms with Gasteiger partial charge in [-0.05, 0) is 44.0 Å². The number of aryl methyl sites for hydroxylation is 1. The van der Waals surface area contributed by atoms with Crippen LogP contribution in [-0.2, 0) is 4.74 Å². The molecule has 0 bridgehead atoms. The van der Waals surface area contributed by atoms with Gasteiger partial charge in [0.1, 0.15) is 0 Å². The molecule has 5 heteroatoms. The van der Waals surface area contributed by atoms with Crippen molar-refractivity contribution in [3.63, 3.8) is 0 Å². The topological polar surface area (TPSA) is 26.3 Å². The average molecular weight is 272 g/mol. The minimum Gasteiger partial charge on any atom is -0.462 e. The van der Waals surface area contributed by atoms with E-state index in [0.717, 1.165) is 13.0 Å². The highest BCUT2D eigenvalue weighted by atomic mass is 19.4. The van der Waals surface area contributed by atoms with Crippen LogP contribution in [0.2, 0.25) is 0 Å². The summed E-state index contributed by atoms with van der Waals surface area (Å²) in [5, 5.41) is 0. The molecule has 0 aliphatic carbocycles. The van der Waals surface area contributed by atoms with Gasteiger partial charge in [0.2, 0.25) is 0 Å². The molecule has 0 atom stereocenters. The van der Waals surface area contributed by atoms with E-state index in [4.69, 9.17) is 4.74 Å². The smallest absolute Gasteiger partial charge is 0.412 e. The van der Waals surface area contributed by atoms with Crippen molar-refractivity contribution < 1.29 is 22.7 Å². The van der Waals surface area contributed by atoms with Gasteiger partial charge < -0.3 is 4.74 Å². The van der Waals surface area contributed by atoms with Crippen LogP contribution < -0.4 is 0 Å². The first-order valence-electron chi connectivity index (χ1n) is 5.79. The summed E-state index contributed by atoms with van der Waals surface area (Å²) >= 11 is 0. The first kappa shape index (κ1) is 15.3. The second-order valence-corrected chi connectivity index (χ2v) is 4.12. The number of esters is 1. The standard InChI is InChI=1S/C14H15F3O2/c1-4-19-13(18)12-6-5-11(7-9(12)2)8-10(3)14(15,16)17/h5-8H,4H2,1-3H3/b10-8+. The Morgan fingerprint density at radius 2 is 2.00 bits per heavy atom. The third-order valence-corrected chi connectivity index (χ3v) is 2.58. The number of hydrogen-bond donors (Lipinski definition) is 0. The highest BCUT2D eigenvalue weighted by Gasteiger charge is 2.29. The fourth-order valence-electron chi connectivity index (χ4n) is 1.55. The van der Waals surface area contributed by atoms with E-state index >= 15 is 0 Å². The maximum atomic E-state index is 12.4. The largest absolute Gasteiger partial charge is 0.462 e. The first-order chi connectivity index (χ1) is 8.75. The van der Waals surface area contributed by atoms with E-state index in [1.165, 1.54) is 18.2 Å². The van der Waals surface area contributed by atoms with Crippen LogP contribution >= 0.6 is 0 Å². The van der Waals surface area contributed by atoms with Gasteiger partial charge in [-0.15, -0.1) is 0 Å². The Bertz CT molecular complexity index is 502. The van der Waals surface area contributed by atoms with E-state index in [1.54, 1.807) is 13.8 Å². The molecule has 0 aliphatic rings. The molecule has 1 rings (SSSR count). The van der Waals surface area contributed by atoms with E-state index in [-0.39, 0.29) is 6.61 Å². The Kier molecular flexibility index (Phi) is 4.75. The molecule has 0 aliphatic heterocycles. The number of ether oxygens (including phenoxy) is 1. The quantitative estimate of drug-likeness (QED) is 0.773. The molecule has 0 fully saturated rings. The van der Waals surface area contributed by atoms with Gasteiger partial charge in [-0.2, -0.15) is 13.2 Å². The average Bonchev–Trinajstić information content (AvgIpc) is 2.27. The lowest BCUT2D eigenvalue weighted by Crippen LogP contribution is -2.09. The Morgan fingerprint density at radius 3 is 2.47 bits per heavy atom. The molecule has 0 unspecified atom stereocenters. The molecule has 0 N–H and O–H groups in total. The van der Waals surface area contributed by atoms with Gasteiger partial charge in [-0.3, -0.25) is 0 Å². The molecular formula is C14H15F3O2. The minimum absolute atomic E-state index is 0.257. The molecule has 0 radical (unpaired) electrons. The molecular weight excluding hydrogens is 257 g/mol. The number of hydrogen-bond acceptors (Lipinski definition) is 2. The molecule has 0 spiro atoms. The molecule has 0 saturated carbocycles. The molecule has 1 aromatic rings. The summed E-state index contributed by atoms with van der Waals surface area (Å²) in [5.41, 5.74) is 0.669. The third-order valence-electron chi connectivity index (χ3n) is 2.58. The van der Waals surface area contributed by atoms with Gasteiger partial charge in [0.25, 0.3) is 0 Å². The number of carbonyl (C=O) groups excluding carboxylic acids is 1. The van der Waals surface area contributed by atoms with Crippen molar-refractivity contribution in [2.45, 2.75) is 26.9 Å². The Labute approximate surface area is 109 Å². The van der Waals surface area contributed by atoms with E-state index in [1.807, 2.05) is 0 Å². The van der Waals surface area contributed by atoms with Crippen molar-refractivity contribution in [1.82, 2.24) is 0 Å². The van der Waals surface area contributed by atoms with Crippen molar-refractivity contribution in [3.8, 4) is 0 Å². The summed E-state index contributed by atoms with van der Waals surface area (Å²) in [6.07, 6.45) is -3.30.